The van der Waals surface area contributed by atoms with Crippen LogP contribution in [-0.4, -0.2) is 31.1 Å². The second-order valence-corrected chi connectivity index (χ2v) is 6.46. The van der Waals surface area contributed by atoms with Crippen LogP contribution in [0.1, 0.15) is 5.56 Å². The van der Waals surface area contributed by atoms with Crippen LogP contribution in [0.4, 0.5) is 14.9 Å². The molecule has 0 saturated carbocycles. The van der Waals surface area contributed by atoms with Crippen molar-refractivity contribution in [2.45, 2.75) is 6.61 Å². The molecule has 0 aliphatic heterocycles. The number of amides is 2. The largest absolute Gasteiger partial charge is 0.492 e. The highest BCUT2D eigenvalue weighted by Crippen LogP contribution is 2.19. The molecule has 0 heterocycles. The number of ether oxygens (including phenoxy) is 2. The molecule has 3 rings (SSSR count). The lowest BCUT2D eigenvalue weighted by Gasteiger charge is -2.18. The summed E-state index contributed by atoms with van der Waals surface area (Å²) in [6, 6.07) is 22.5. The number of halogens is 1. The Labute approximate surface area is 169 Å². The van der Waals surface area contributed by atoms with Crippen LogP contribution < -0.4 is 14.8 Å². The van der Waals surface area contributed by atoms with Crippen molar-refractivity contribution in [3.05, 3.63) is 90.2 Å². The average molecular weight is 394 g/mol. The van der Waals surface area contributed by atoms with Crippen LogP contribution in [0.25, 0.3) is 0 Å². The zero-order valence-electron chi connectivity index (χ0n) is 16.2. The third kappa shape index (κ3) is 6.53. The number of likely N-dealkylation sites (N-methyl/N-ethyl adjacent to an activating group) is 1. The van der Waals surface area contributed by atoms with Crippen molar-refractivity contribution in [2.24, 2.45) is 0 Å². The molecule has 0 saturated heterocycles. The van der Waals surface area contributed by atoms with Crippen molar-refractivity contribution in [3.63, 3.8) is 0 Å². The van der Waals surface area contributed by atoms with E-state index in [0.717, 1.165) is 11.3 Å². The summed E-state index contributed by atoms with van der Waals surface area (Å²) in [6.07, 6.45) is 0. The minimum absolute atomic E-state index is 0.239. The van der Waals surface area contributed by atoms with Crippen molar-refractivity contribution >= 4 is 11.7 Å². The normalized spacial score (nSPS) is 10.3. The van der Waals surface area contributed by atoms with Gasteiger partial charge in [0.2, 0.25) is 0 Å². The highest BCUT2D eigenvalue weighted by molar-refractivity contribution is 5.89. The predicted octanol–water partition coefficient (Wildman–Crippen LogP) is 4.95. The highest BCUT2D eigenvalue weighted by atomic mass is 19.1. The van der Waals surface area contributed by atoms with Crippen LogP contribution in [-0.2, 0) is 6.61 Å². The first-order chi connectivity index (χ1) is 14.1. The maximum Gasteiger partial charge on any atom is 0.321 e. The Morgan fingerprint density at radius 3 is 2.41 bits per heavy atom. The van der Waals surface area contributed by atoms with E-state index >= 15 is 0 Å². The number of nitrogens with zero attached hydrogens (tertiary/aromatic N) is 1. The lowest BCUT2D eigenvalue weighted by Crippen LogP contribution is -2.34. The predicted molar refractivity (Wildman–Crippen MR) is 111 cm³/mol. The maximum absolute atomic E-state index is 13.0. The molecule has 0 aromatic heterocycles. The van der Waals surface area contributed by atoms with Gasteiger partial charge < -0.3 is 19.7 Å². The van der Waals surface area contributed by atoms with E-state index in [-0.39, 0.29) is 11.8 Å². The Balaban J connectivity index is 1.46. The molecule has 0 aliphatic carbocycles. The van der Waals surface area contributed by atoms with Crippen molar-refractivity contribution in [3.8, 4) is 11.5 Å². The van der Waals surface area contributed by atoms with Crippen molar-refractivity contribution in [1.82, 2.24) is 4.90 Å². The lowest BCUT2D eigenvalue weighted by atomic mass is 10.2. The molecule has 3 aromatic carbocycles. The van der Waals surface area contributed by atoms with Gasteiger partial charge in [-0.15, -0.1) is 0 Å². The number of urea groups is 1. The Bertz CT molecular complexity index is 917. The average Bonchev–Trinajstić information content (AvgIpc) is 2.74. The molecule has 0 radical (unpaired) electrons. The van der Waals surface area contributed by atoms with Crippen LogP contribution in [0, 0.1) is 5.82 Å². The molecule has 0 atom stereocenters. The fourth-order valence-corrected chi connectivity index (χ4v) is 2.55. The molecule has 0 spiro atoms. The summed E-state index contributed by atoms with van der Waals surface area (Å²) >= 11 is 0. The van der Waals surface area contributed by atoms with E-state index in [1.807, 2.05) is 30.3 Å². The van der Waals surface area contributed by atoms with Gasteiger partial charge in [0, 0.05) is 18.8 Å². The molecule has 6 heteroatoms. The fraction of sp³-hybridized carbons (Fsp3) is 0.174. The van der Waals surface area contributed by atoms with Gasteiger partial charge in [0.1, 0.15) is 30.5 Å². The monoisotopic (exact) mass is 394 g/mol. The summed E-state index contributed by atoms with van der Waals surface area (Å²) in [5.74, 6) is 1.10. The Morgan fingerprint density at radius 1 is 0.931 bits per heavy atom. The molecular weight excluding hydrogens is 371 g/mol. The third-order valence-electron chi connectivity index (χ3n) is 4.19. The zero-order valence-corrected chi connectivity index (χ0v) is 16.2. The number of anilines is 1. The quantitative estimate of drug-likeness (QED) is 0.588. The summed E-state index contributed by atoms with van der Waals surface area (Å²) in [5.41, 5.74) is 1.49. The van der Waals surface area contributed by atoms with Gasteiger partial charge in [-0.2, -0.15) is 0 Å². The van der Waals surface area contributed by atoms with E-state index in [9.17, 15) is 9.18 Å². The molecule has 0 fully saturated rings. The number of rotatable bonds is 8. The summed E-state index contributed by atoms with van der Waals surface area (Å²) in [4.78, 5) is 13.9. The minimum Gasteiger partial charge on any atom is -0.492 e. The van der Waals surface area contributed by atoms with E-state index < -0.39 is 0 Å². The van der Waals surface area contributed by atoms with E-state index in [1.54, 1.807) is 48.3 Å². The molecule has 2 amide bonds. The van der Waals surface area contributed by atoms with Crippen LogP contribution in [0.3, 0.4) is 0 Å². The third-order valence-corrected chi connectivity index (χ3v) is 4.19. The van der Waals surface area contributed by atoms with Gasteiger partial charge in [0.05, 0.1) is 6.54 Å². The van der Waals surface area contributed by atoms with Gasteiger partial charge >= 0.3 is 6.03 Å². The van der Waals surface area contributed by atoms with E-state index in [4.69, 9.17) is 9.47 Å². The topological polar surface area (TPSA) is 50.8 Å². The number of nitrogens with one attached hydrogen (secondary N) is 1. The molecule has 5 nitrogen and oxygen atoms in total. The lowest BCUT2D eigenvalue weighted by molar-refractivity contribution is 0.207. The Morgan fingerprint density at radius 2 is 1.66 bits per heavy atom. The first kappa shape index (κ1) is 20.2. The van der Waals surface area contributed by atoms with Crippen LogP contribution in [0.15, 0.2) is 78.9 Å². The van der Waals surface area contributed by atoms with E-state index in [1.165, 1.54) is 12.1 Å². The number of para-hydroxylation sites is 1. The van der Waals surface area contributed by atoms with Gasteiger partial charge in [-0.05, 0) is 42.0 Å². The van der Waals surface area contributed by atoms with Crippen molar-refractivity contribution in [1.29, 1.82) is 0 Å². The van der Waals surface area contributed by atoms with Crippen molar-refractivity contribution in [2.75, 3.05) is 25.5 Å². The molecule has 0 bridgehead atoms. The molecular formula is C23H23FN2O3. The number of hydrogen-bond donors (Lipinski definition) is 1. The molecule has 0 aliphatic rings. The van der Waals surface area contributed by atoms with Crippen LogP contribution in [0.5, 0.6) is 11.5 Å². The van der Waals surface area contributed by atoms with Gasteiger partial charge in [-0.25, -0.2) is 9.18 Å². The Kier molecular flexibility index (Phi) is 7.05. The summed E-state index contributed by atoms with van der Waals surface area (Å²) in [6.45, 7) is 1.16. The number of hydrogen-bond acceptors (Lipinski definition) is 3. The zero-order chi connectivity index (χ0) is 20.5. The number of carbonyl (C=O) groups is 1. The highest BCUT2D eigenvalue weighted by Gasteiger charge is 2.09. The van der Waals surface area contributed by atoms with Crippen molar-refractivity contribution < 1.29 is 18.7 Å². The maximum atomic E-state index is 13.0. The number of carbonyl (C=O) groups excluding carboxylic acids is 1. The summed E-state index contributed by atoms with van der Waals surface area (Å²) in [5, 5.41) is 2.84. The smallest absolute Gasteiger partial charge is 0.321 e. The summed E-state index contributed by atoms with van der Waals surface area (Å²) < 4.78 is 24.3. The standard InChI is InChI=1S/C23H23FN2O3/c1-26(14-15-28-21-7-3-2-4-8-21)23(27)25-20-6-5-9-22(16-20)29-17-18-10-12-19(24)13-11-18/h2-13,16H,14-15,17H2,1H3,(H,25,27). The van der Waals surface area contributed by atoms with Gasteiger partial charge in [-0.3, -0.25) is 0 Å². The first-order valence-electron chi connectivity index (χ1n) is 9.27. The minimum atomic E-state index is -0.281. The first-order valence-corrected chi connectivity index (χ1v) is 9.27. The molecule has 1 N–H and O–H groups in total. The van der Waals surface area contributed by atoms with E-state index in [2.05, 4.69) is 5.32 Å². The molecule has 0 unspecified atom stereocenters. The van der Waals surface area contributed by atoms with Gasteiger partial charge in [-0.1, -0.05) is 36.4 Å². The molecule has 150 valence electrons. The number of benzene rings is 3. The van der Waals surface area contributed by atoms with Crippen LogP contribution >= 0.6 is 0 Å². The van der Waals surface area contributed by atoms with Gasteiger partial charge in [0.15, 0.2) is 0 Å². The second kappa shape index (κ2) is 10.1. The fourth-order valence-electron chi connectivity index (χ4n) is 2.55. The van der Waals surface area contributed by atoms with E-state index in [0.29, 0.717) is 31.2 Å². The SMILES string of the molecule is CN(CCOc1ccccc1)C(=O)Nc1cccc(OCc2ccc(F)cc2)c1. The summed E-state index contributed by atoms with van der Waals surface area (Å²) in [7, 11) is 1.71. The second-order valence-electron chi connectivity index (χ2n) is 6.46. The molecule has 29 heavy (non-hydrogen) atoms. The molecule has 3 aromatic rings. The van der Waals surface area contributed by atoms with Crippen LogP contribution in [0.2, 0.25) is 0 Å². The Hall–Kier alpha value is -3.54. The van der Waals surface area contributed by atoms with Gasteiger partial charge in [0.25, 0.3) is 0 Å².